The molecule has 0 saturated heterocycles. The highest BCUT2D eigenvalue weighted by Crippen LogP contribution is 2.31. The predicted molar refractivity (Wildman–Crippen MR) is 79.5 cm³/mol. The van der Waals surface area contributed by atoms with Crippen molar-refractivity contribution >= 4 is 5.69 Å². The Labute approximate surface area is 112 Å². The maximum atomic E-state index is 9.61. The number of hydrogen-bond acceptors (Lipinski definition) is 2. The summed E-state index contributed by atoms with van der Waals surface area (Å²) in [6, 6.07) is 2.41. The Balaban J connectivity index is 3.32. The van der Waals surface area contributed by atoms with Gasteiger partial charge in [0.25, 0.3) is 0 Å². The molecule has 0 aromatic heterocycles. The first-order valence-corrected chi connectivity index (χ1v) is 6.72. The molecule has 0 heterocycles. The van der Waals surface area contributed by atoms with E-state index in [0.29, 0.717) is 5.92 Å². The van der Waals surface area contributed by atoms with Crippen LogP contribution in [0.1, 0.15) is 36.1 Å². The van der Waals surface area contributed by atoms with Gasteiger partial charge in [0.05, 0.1) is 12.6 Å². The Morgan fingerprint density at radius 1 is 1.06 bits per heavy atom. The summed E-state index contributed by atoms with van der Waals surface area (Å²) in [5.41, 5.74) is 6.56. The average molecular weight is 249 g/mol. The second kappa shape index (κ2) is 5.75. The van der Waals surface area contributed by atoms with Gasteiger partial charge in [-0.1, -0.05) is 19.9 Å². The fourth-order valence-corrected chi connectivity index (χ4v) is 2.67. The average Bonchev–Trinajstić information content (AvgIpc) is 2.27. The van der Waals surface area contributed by atoms with Crippen LogP contribution in [-0.2, 0) is 0 Å². The topological polar surface area (TPSA) is 23.5 Å². The van der Waals surface area contributed by atoms with E-state index >= 15 is 0 Å². The molecule has 0 saturated carbocycles. The number of nitrogens with zero attached hydrogens (tertiary/aromatic N) is 1. The van der Waals surface area contributed by atoms with Crippen molar-refractivity contribution in [2.45, 2.75) is 47.6 Å². The number of aryl methyl sites for hydroxylation is 2. The standard InChI is InChI=1S/C16H27NO/c1-10(2)15(9-18)17(7)16-13(5)11(3)8-12(4)14(16)6/h8,10,15,18H,9H2,1-7H3. The first-order chi connectivity index (χ1) is 8.31. The highest BCUT2D eigenvalue weighted by atomic mass is 16.3. The van der Waals surface area contributed by atoms with E-state index in [-0.39, 0.29) is 12.6 Å². The number of likely N-dealkylation sites (N-methyl/N-ethyl adjacent to an activating group) is 1. The van der Waals surface area contributed by atoms with Gasteiger partial charge < -0.3 is 10.0 Å². The van der Waals surface area contributed by atoms with Gasteiger partial charge >= 0.3 is 0 Å². The summed E-state index contributed by atoms with van der Waals surface area (Å²) in [5, 5.41) is 9.61. The fourth-order valence-electron chi connectivity index (χ4n) is 2.67. The molecule has 2 heteroatoms. The first-order valence-electron chi connectivity index (χ1n) is 6.72. The number of hydrogen-bond donors (Lipinski definition) is 1. The van der Waals surface area contributed by atoms with Crippen LogP contribution in [0.4, 0.5) is 5.69 Å². The van der Waals surface area contributed by atoms with Crippen molar-refractivity contribution < 1.29 is 5.11 Å². The van der Waals surface area contributed by atoms with Gasteiger partial charge in [0.15, 0.2) is 0 Å². The smallest absolute Gasteiger partial charge is 0.0637 e. The molecule has 0 aliphatic carbocycles. The van der Waals surface area contributed by atoms with Crippen LogP contribution in [0.2, 0.25) is 0 Å². The van der Waals surface area contributed by atoms with Crippen LogP contribution in [0.15, 0.2) is 6.07 Å². The van der Waals surface area contributed by atoms with E-state index in [1.165, 1.54) is 27.9 Å². The molecule has 0 fully saturated rings. The Morgan fingerprint density at radius 3 is 1.83 bits per heavy atom. The summed E-state index contributed by atoms with van der Waals surface area (Å²) in [6.07, 6.45) is 0. The van der Waals surface area contributed by atoms with Crippen LogP contribution in [0.5, 0.6) is 0 Å². The lowest BCUT2D eigenvalue weighted by Crippen LogP contribution is -2.39. The Morgan fingerprint density at radius 2 is 1.50 bits per heavy atom. The maximum Gasteiger partial charge on any atom is 0.0637 e. The molecule has 102 valence electrons. The van der Waals surface area contributed by atoms with E-state index in [2.05, 4.69) is 59.6 Å². The molecular formula is C16H27NO. The Kier molecular flexibility index (Phi) is 4.80. The van der Waals surface area contributed by atoms with Gasteiger partial charge in [-0.3, -0.25) is 0 Å². The lowest BCUT2D eigenvalue weighted by Gasteiger charge is -2.34. The quantitative estimate of drug-likeness (QED) is 0.884. The second-order valence-electron chi connectivity index (χ2n) is 5.71. The van der Waals surface area contributed by atoms with Gasteiger partial charge in [-0.25, -0.2) is 0 Å². The fraction of sp³-hybridized carbons (Fsp3) is 0.625. The number of aliphatic hydroxyl groups excluding tert-OH is 1. The van der Waals surface area contributed by atoms with Crippen molar-refractivity contribution in [3.8, 4) is 0 Å². The molecule has 1 unspecified atom stereocenters. The van der Waals surface area contributed by atoms with Crippen LogP contribution in [-0.4, -0.2) is 24.8 Å². The third kappa shape index (κ3) is 2.69. The van der Waals surface area contributed by atoms with Gasteiger partial charge in [0.2, 0.25) is 0 Å². The molecule has 18 heavy (non-hydrogen) atoms. The SMILES string of the molecule is Cc1cc(C)c(C)c(N(C)C(CO)C(C)C)c1C. The minimum absolute atomic E-state index is 0.170. The van der Waals surface area contributed by atoms with Crippen molar-refractivity contribution in [2.75, 3.05) is 18.6 Å². The molecule has 0 aliphatic rings. The van der Waals surface area contributed by atoms with Gasteiger partial charge in [-0.05, 0) is 55.9 Å². The summed E-state index contributed by atoms with van der Waals surface area (Å²) in [4.78, 5) is 2.25. The van der Waals surface area contributed by atoms with Crippen LogP contribution >= 0.6 is 0 Å². The predicted octanol–water partition coefficient (Wildman–Crippen LogP) is 3.37. The number of aliphatic hydroxyl groups is 1. The van der Waals surface area contributed by atoms with E-state index in [4.69, 9.17) is 0 Å². The highest BCUT2D eigenvalue weighted by molar-refractivity contribution is 5.64. The molecule has 0 spiro atoms. The molecule has 1 atom stereocenters. The normalized spacial score (nSPS) is 12.9. The third-order valence-electron chi connectivity index (χ3n) is 4.13. The summed E-state index contributed by atoms with van der Waals surface area (Å²) in [7, 11) is 2.09. The van der Waals surface area contributed by atoms with E-state index in [0.717, 1.165) is 0 Å². The lowest BCUT2D eigenvalue weighted by molar-refractivity contribution is 0.234. The van der Waals surface area contributed by atoms with Crippen molar-refractivity contribution in [2.24, 2.45) is 5.92 Å². The molecule has 0 aliphatic heterocycles. The first kappa shape index (κ1) is 15.0. The maximum absolute atomic E-state index is 9.61. The molecule has 1 N–H and O–H groups in total. The van der Waals surface area contributed by atoms with Gasteiger partial charge in [-0.15, -0.1) is 0 Å². The van der Waals surface area contributed by atoms with E-state index in [1.54, 1.807) is 0 Å². The minimum Gasteiger partial charge on any atom is -0.394 e. The van der Waals surface area contributed by atoms with E-state index < -0.39 is 0 Å². The highest BCUT2D eigenvalue weighted by Gasteiger charge is 2.21. The molecule has 0 amide bonds. The van der Waals surface area contributed by atoms with Crippen molar-refractivity contribution in [1.82, 2.24) is 0 Å². The Hall–Kier alpha value is -1.02. The Bertz CT molecular complexity index is 397. The summed E-state index contributed by atoms with van der Waals surface area (Å²) in [5.74, 6) is 0.430. The number of anilines is 1. The van der Waals surface area contributed by atoms with Gasteiger partial charge in [-0.2, -0.15) is 0 Å². The summed E-state index contributed by atoms with van der Waals surface area (Å²) < 4.78 is 0. The van der Waals surface area contributed by atoms with Crippen LogP contribution < -0.4 is 4.90 Å². The molecule has 1 aromatic rings. The van der Waals surface area contributed by atoms with Crippen LogP contribution in [0.25, 0.3) is 0 Å². The van der Waals surface area contributed by atoms with E-state index in [1.807, 2.05) is 0 Å². The van der Waals surface area contributed by atoms with Gasteiger partial charge in [0.1, 0.15) is 0 Å². The molecule has 1 aromatic carbocycles. The van der Waals surface area contributed by atoms with Crippen molar-refractivity contribution in [1.29, 1.82) is 0 Å². The van der Waals surface area contributed by atoms with Crippen molar-refractivity contribution in [3.05, 3.63) is 28.3 Å². The largest absolute Gasteiger partial charge is 0.394 e. The molecule has 0 bridgehead atoms. The molecular weight excluding hydrogens is 222 g/mol. The molecule has 2 nitrogen and oxygen atoms in total. The number of rotatable bonds is 4. The monoisotopic (exact) mass is 249 g/mol. The number of benzene rings is 1. The minimum atomic E-state index is 0.170. The second-order valence-corrected chi connectivity index (χ2v) is 5.71. The third-order valence-corrected chi connectivity index (χ3v) is 4.13. The summed E-state index contributed by atoms with van der Waals surface area (Å²) in [6.45, 7) is 13.2. The zero-order chi connectivity index (χ0) is 14.0. The molecule has 1 rings (SSSR count). The molecule has 0 radical (unpaired) electrons. The van der Waals surface area contributed by atoms with Crippen molar-refractivity contribution in [3.63, 3.8) is 0 Å². The zero-order valence-electron chi connectivity index (χ0n) is 12.8. The zero-order valence-corrected chi connectivity index (χ0v) is 12.8. The lowest BCUT2D eigenvalue weighted by atomic mass is 9.95. The summed E-state index contributed by atoms with van der Waals surface area (Å²) >= 11 is 0. The van der Waals surface area contributed by atoms with Crippen LogP contribution in [0, 0.1) is 33.6 Å². The van der Waals surface area contributed by atoms with Crippen LogP contribution in [0.3, 0.4) is 0 Å². The van der Waals surface area contributed by atoms with Gasteiger partial charge in [0, 0.05) is 12.7 Å². The van der Waals surface area contributed by atoms with E-state index in [9.17, 15) is 5.11 Å².